The van der Waals surface area contributed by atoms with Gasteiger partial charge in [0.05, 0.1) is 16.8 Å². The van der Waals surface area contributed by atoms with Crippen molar-refractivity contribution < 1.29 is 4.42 Å². The van der Waals surface area contributed by atoms with E-state index in [4.69, 9.17) is 4.42 Å². The number of pyridine rings is 1. The molecule has 2 aromatic heterocycles. The Morgan fingerprint density at radius 1 is 1.00 bits per heavy atom. The summed E-state index contributed by atoms with van der Waals surface area (Å²) in [6.07, 6.45) is 1.60. The molecule has 0 aliphatic rings. The molecule has 2 N–H and O–H groups in total. The molecule has 7 heteroatoms. The molecule has 0 spiro atoms. The van der Waals surface area contributed by atoms with Crippen LogP contribution in [0.25, 0.3) is 33.5 Å². The molecule has 5 rings (SSSR count). The van der Waals surface area contributed by atoms with E-state index in [1.807, 2.05) is 60.7 Å². The molecule has 3 aromatic carbocycles. The highest BCUT2D eigenvalue weighted by Crippen LogP contribution is 2.33. The molecule has 1 atom stereocenters. The van der Waals surface area contributed by atoms with Gasteiger partial charge in [-0.25, -0.2) is 9.89 Å². The highest BCUT2D eigenvalue weighted by Gasteiger charge is 2.14. The van der Waals surface area contributed by atoms with Crippen molar-refractivity contribution in [1.82, 2.24) is 15.2 Å². The van der Waals surface area contributed by atoms with E-state index in [1.165, 1.54) is 0 Å². The molecule has 5 aromatic rings. The van der Waals surface area contributed by atoms with Gasteiger partial charge in [-0.1, -0.05) is 48.5 Å². The lowest BCUT2D eigenvalue weighted by Gasteiger charge is -2.19. The van der Waals surface area contributed by atoms with Gasteiger partial charge in [-0.2, -0.15) is 5.26 Å². The summed E-state index contributed by atoms with van der Waals surface area (Å²) in [4.78, 5) is 15.8. The Balaban J connectivity index is 1.59. The number of nitrogens with zero attached hydrogens (tertiary/aromatic N) is 3. The number of rotatable bonds is 5. The third kappa shape index (κ3) is 3.98. The van der Waals surface area contributed by atoms with Crippen LogP contribution in [0, 0.1) is 11.3 Å². The first-order valence-corrected chi connectivity index (χ1v) is 10.4. The molecule has 160 valence electrons. The molecule has 7 nitrogen and oxygen atoms in total. The Bertz CT molecular complexity index is 1550. The first-order chi connectivity index (χ1) is 16.1. The normalized spacial score (nSPS) is 11.8. The summed E-state index contributed by atoms with van der Waals surface area (Å²) in [7, 11) is 0. The summed E-state index contributed by atoms with van der Waals surface area (Å²) < 4.78 is 5.09. The predicted molar refractivity (Wildman–Crippen MR) is 126 cm³/mol. The summed E-state index contributed by atoms with van der Waals surface area (Å²) >= 11 is 0. The zero-order valence-corrected chi connectivity index (χ0v) is 17.7. The third-order valence-electron chi connectivity index (χ3n) is 5.53. The van der Waals surface area contributed by atoms with Crippen LogP contribution in [0.3, 0.4) is 0 Å². The lowest BCUT2D eigenvalue weighted by Crippen LogP contribution is -2.08. The van der Waals surface area contributed by atoms with Crippen molar-refractivity contribution in [3.63, 3.8) is 0 Å². The van der Waals surface area contributed by atoms with Gasteiger partial charge in [-0.05, 0) is 47.9 Å². The van der Waals surface area contributed by atoms with E-state index in [9.17, 15) is 10.1 Å². The third-order valence-corrected chi connectivity index (χ3v) is 5.53. The van der Waals surface area contributed by atoms with Crippen molar-refractivity contribution >= 4 is 16.6 Å². The predicted octanol–water partition coefficient (Wildman–Crippen LogP) is 5.29. The topological polar surface area (TPSA) is 108 Å². The van der Waals surface area contributed by atoms with Gasteiger partial charge in [-0.15, -0.1) is 5.10 Å². The van der Waals surface area contributed by atoms with Crippen molar-refractivity contribution in [3.05, 3.63) is 101 Å². The second kappa shape index (κ2) is 8.44. The number of nitriles is 1. The van der Waals surface area contributed by atoms with Crippen LogP contribution < -0.4 is 11.1 Å². The number of nitrogens with one attached hydrogen (secondary N) is 2. The van der Waals surface area contributed by atoms with Gasteiger partial charge in [0, 0.05) is 23.2 Å². The second-order valence-corrected chi connectivity index (χ2v) is 7.67. The van der Waals surface area contributed by atoms with Crippen molar-refractivity contribution in [2.75, 3.05) is 5.32 Å². The first-order valence-electron chi connectivity index (χ1n) is 10.4. The Hall–Kier alpha value is -4.70. The standard InChI is InChI=1S/C26H19N5O2/c1-16(17-6-3-2-4-7-17)29-24-21(14-27)15-28-23-11-10-19(13-22(23)24)18-8-5-9-20(12-18)25-30-31-26(32)33-25/h2-13,15-16H,1H3,(H,28,29)(H,31,32). The monoisotopic (exact) mass is 433 g/mol. The minimum atomic E-state index is -0.598. The number of benzene rings is 3. The average Bonchev–Trinajstić information content (AvgIpc) is 3.31. The maximum atomic E-state index is 11.3. The fraction of sp³-hybridized carbons (Fsp3) is 0.0769. The zero-order chi connectivity index (χ0) is 22.8. The molecule has 0 fully saturated rings. The van der Waals surface area contributed by atoms with Crippen LogP contribution in [-0.4, -0.2) is 15.2 Å². The first kappa shape index (κ1) is 20.2. The quantitative estimate of drug-likeness (QED) is 0.390. The van der Waals surface area contributed by atoms with Crippen LogP contribution >= 0.6 is 0 Å². The van der Waals surface area contributed by atoms with Crippen molar-refractivity contribution in [3.8, 4) is 28.7 Å². The van der Waals surface area contributed by atoms with Crippen LogP contribution in [0.5, 0.6) is 0 Å². The van der Waals surface area contributed by atoms with Gasteiger partial charge in [0.15, 0.2) is 0 Å². The summed E-state index contributed by atoms with van der Waals surface area (Å²) in [6.45, 7) is 2.06. The molecule has 0 saturated carbocycles. The number of anilines is 1. The number of aromatic nitrogens is 3. The van der Waals surface area contributed by atoms with Crippen molar-refractivity contribution in [2.45, 2.75) is 13.0 Å². The molecule has 0 aliphatic heterocycles. The van der Waals surface area contributed by atoms with Gasteiger partial charge in [-0.3, -0.25) is 4.98 Å². The zero-order valence-electron chi connectivity index (χ0n) is 17.7. The Morgan fingerprint density at radius 2 is 1.79 bits per heavy atom. The van der Waals surface area contributed by atoms with Gasteiger partial charge < -0.3 is 9.73 Å². The molecule has 1 unspecified atom stereocenters. The van der Waals surface area contributed by atoms with E-state index in [2.05, 4.69) is 45.6 Å². The molecular formula is C26H19N5O2. The lowest BCUT2D eigenvalue weighted by molar-refractivity contribution is 0.527. The summed E-state index contributed by atoms with van der Waals surface area (Å²) in [5, 5.41) is 20.3. The van der Waals surface area contributed by atoms with Crippen LogP contribution in [0.15, 0.2) is 88.2 Å². The minimum absolute atomic E-state index is 0.00144. The number of hydrogen-bond acceptors (Lipinski definition) is 6. The summed E-state index contributed by atoms with van der Waals surface area (Å²) in [5.74, 6) is -0.366. The number of H-pyrrole nitrogens is 1. The summed E-state index contributed by atoms with van der Waals surface area (Å²) in [6, 6.07) is 25.8. The minimum Gasteiger partial charge on any atom is -0.388 e. The largest absolute Gasteiger partial charge is 0.434 e. The van der Waals surface area contributed by atoms with E-state index in [1.54, 1.807) is 6.20 Å². The van der Waals surface area contributed by atoms with Crippen LogP contribution in [-0.2, 0) is 0 Å². The van der Waals surface area contributed by atoms with E-state index in [-0.39, 0.29) is 11.9 Å². The Labute approximate surface area is 189 Å². The highest BCUT2D eigenvalue weighted by molar-refractivity contribution is 5.97. The second-order valence-electron chi connectivity index (χ2n) is 7.67. The molecular weight excluding hydrogens is 414 g/mol. The van der Waals surface area contributed by atoms with Crippen molar-refractivity contribution in [1.29, 1.82) is 5.26 Å². The van der Waals surface area contributed by atoms with E-state index >= 15 is 0 Å². The van der Waals surface area contributed by atoms with E-state index < -0.39 is 5.76 Å². The van der Waals surface area contributed by atoms with E-state index in [0.29, 0.717) is 11.1 Å². The number of aromatic amines is 1. The van der Waals surface area contributed by atoms with Crippen LogP contribution in [0.2, 0.25) is 0 Å². The Kier molecular flexibility index (Phi) is 5.17. The van der Waals surface area contributed by atoms with Crippen LogP contribution in [0.4, 0.5) is 5.69 Å². The van der Waals surface area contributed by atoms with Gasteiger partial charge >= 0.3 is 5.76 Å². The average molecular weight is 433 g/mol. The fourth-order valence-electron chi connectivity index (χ4n) is 3.84. The molecule has 0 saturated heterocycles. The lowest BCUT2D eigenvalue weighted by atomic mass is 9.99. The molecule has 0 radical (unpaired) electrons. The van der Waals surface area contributed by atoms with Gasteiger partial charge in [0.2, 0.25) is 5.89 Å². The SMILES string of the molecule is CC(Nc1c(C#N)cnc2ccc(-c3cccc(-c4n[nH]c(=O)o4)c3)cc12)c1ccccc1. The maximum absolute atomic E-state index is 11.3. The smallest absolute Gasteiger partial charge is 0.388 e. The highest BCUT2D eigenvalue weighted by atomic mass is 16.4. The van der Waals surface area contributed by atoms with Gasteiger partial charge in [0.1, 0.15) is 6.07 Å². The number of fused-ring (bicyclic) bond motifs is 1. The molecule has 33 heavy (non-hydrogen) atoms. The molecule has 0 bridgehead atoms. The van der Waals surface area contributed by atoms with E-state index in [0.717, 1.165) is 33.3 Å². The fourth-order valence-corrected chi connectivity index (χ4v) is 3.84. The van der Waals surface area contributed by atoms with Gasteiger partial charge in [0.25, 0.3) is 0 Å². The summed E-state index contributed by atoms with van der Waals surface area (Å²) in [5.41, 5.74) is 5.68. The molecule has 0 aliphatic carbocycles. The molecule has 2 heterocycles. The molecule has 0 amide bonds. The maximum Gasteiger partial charge on any atom is 0.434 e. The number of hydrogen-bond donors (Lipinski definition) is 2. The Morgan fingerprint density at radius 3 is 2.55 bits per heavy atom. The van der Waals surface area contributed by atoms with Crippen molar-refractivity contribution in [2.24, 2.45) is 0 Å². The van der Waals surface area contributed by atoms with Crippen LogP contribution in [0.1, 0.15) is 24.1 Å².